The van der Waals surface area contributed by atoms with Crippen LogP contribution in [-0.2, 0) is 9.47 Å². The summed E-state index contributed by atoms with van der Waals surface area (Å²) in [5.74, 6) is 0. The monoisotopic (exact) mass is 308 g/mol. The summed E-state index contributed by atoms with van der Waals surface area (Å²) in [6.07, 6.45) is 2.15. The maximum atomic E-state index is 5.36. The van der Waals surface area contributed by atoms with Gasteiger partial charge in [-0.05, 0) is 28.8 Å². The van der Waals surface area contributed by atoms with Gasteiger partial charge >= 0.3 is 0 Å². The van der Waals surface area contributed by atoms with Crippen molar-refractivity contribution in [2.75, 3.05) is 38.8 Å². The lowest BCUT2D eigenvalue weighted by atomic mass is 10.3. The standard InChI is InChI=1S/C10H17BrN2O2S/c1-14-6-7-15-5-3-2-4-12-10-13-9(11)8-16-10/h8H,2-7H2,1H3,(H,12,13). The summed E-state index contributed by atoms with van der Waals surface area (Å²) in [5, 5.41) is 6.20. The largest absolute Gasteiger partial charge is 0.382 e. The van der Waals surface area contributed by atoms with Crippen LogP contribution in [0.25, 0.3) is 0 Å². The molecule has 92 valence electrons. The van der Waals surface area contributed by atoms with Gasteiger partial charge in [0.25, 0.3) is 0 Å². The van der Waals surface area contributed by atoms with Gasteiger partial charge in [0.1, 0.15) is 4.60 Å². The Hall–Kier alpha value is -0.170. The van der Waals surface area contributed by atoms with Gasteiger partial charge in [-0.2, -0.15) is 0 Å². The first-order valence-electron chi connectivity index (χ1n) is 5.24. The Morgan fingerprint density at radius 3 is 2.94 bits per heavy atom. The summed E-state index contributed by atoms with van der Waals surface area (Å²) in [6.45, 7) is 3.09. The first kappa shape index (κ1) is 13.9. The second kappa shape index (κ2) is 8.92. The van der Waals surface area contributed by atoms with Crippen molar-refractivity contribution in [3.05, 3.63) is 9.98 Å². The zero-order valence-corrected chi connectivity index (χ0v) is 11.8. The molecule has 1 heterocycles. The number of rotatable bonds is 9. The molecular weight excluding hydrogens is 292 g/mol. The van der Waals surface area contributed by atoms with Crippen molar-refractivity contribution in [2.45, 2.75) is 12.8 Å². The number of unbranched alkanes of at least 4 members (excludes halogenated alkanes) is 1. The zero-order chi connectivity index (χ0) is 11.6. The van der Waals surface area contributed by atoms with Crippen LogP contribution < -0.4 is 5.32 Å². The molecule has 1 N–H and O–H groups in total. The van der Waals surface area contributed by atoms with E-state index in [1.165, 1.54) is 0 Å². The molecule has 0 amide bonds. The smallest absolute Gasteiger partial charge is 0.183 e. The number of halogens is 1. The topological polar surface area (TPSA) is 43.4 Å². The fourth-order valence-corrected chi connectivity index (χ4v) is 2.28. The highest BCUT2D eigenvalue weighted by atomic mass is 79.9. The summed E-state index contributed by atoms with van der Waals surface area (Å²) in [7, 11) is 1.68. The van der Waals surface area contributed by atoms with Crippen molar-refractivity contribution in [1.29, 1.82) is 0 Å². The molecule has 0 aliphatic rings. The van der Waals surface area contributed by atoms with Crippen molar-refractivity contribution >= 4 is 32.4 Å². The van der Waals surface area contributed by atoms with E-state index in [-0.39, 0.29) is 0 Å². The van der Waals surface area contributed by atoms with E-state index in [2.05, 4.69) is 26.2 Å². The number of ether oxygens (including phenoxy) is 2. The fourth-order valence-electron chi connectivity index (χ4n) is 1.10. The summed E-state index contributed by atoms with van der Waals surface area (Å²) >= 11 is 4.93. The molecule has 0 aliphatic heterocycles. The van der Waals surface area contributed by atoms with Gasteiger partial charge in [0.15, 0.2) is 5.13 Å². The average molecular weight is 309 g/mol. The molecule has 0 unspecified atom stereocenters. The molecule has 4 nitrogen and oxygen atoms in total. The lowest BCUT2D eigenvalue weighted by Crippen LogP contribution is -2.06. The van der Waals surface area contributed by atoms with Gasteiger partial charge in [-0.3, -0.25) is 0 Å². The average Bonchev–Trinajstić information content (AvgIpc) is 2.68. The molecule has 0 aromatic carbocycles. The van der Waals surface area contributed by atoms with Crippen molar-refractivity contribution < 1.29 is 9.47 Å². The molecule has 6 heteroatoms. The quantitative estimate of drug-likeness (QED) is 0.712. The van der Waals surface area contributed by atoms with Crippen LogP contribution in [0.2, 0.25) is 0 Å². The molecule has 0 atom stereocenters. The van der Waals surface area contributed by atoms with Gasteiger partial charge in [-0.25, -0.2) is 4.98 Å². The molecule has 0 radical (unpaired) electrons. The molecule has 1 aromatic heterocycles. The highest BCUT2D eigenvalue weighted by molar-refractivity contribution is 9.10. The van der Waals surface area contributed by atoms with Crippen LogP contribution >= 0.6 is 27.3 Å². The Morgan fingerprint density at radius 2 is 2.25 bits per heavy atom. The molecular formula is C10H17BrN2O2S. The van der Waals surface area contributed by atoms with Gasteiger partial charge in [0.2, 0.25) is 0 Å². The first-order chi connectivity index (χ1) is 7.83. The van der Waals surface area contributed by atoms with Crippen LogP contribution in [0.4, 0.5) is 5.13 Å². The van der Waals surface area contributed by atoms with Crippen LogP contribution in [0.1, 0.15) is 12.8 Å². The molecule has 0 saturated carbocycles. The third-order valence-electron chi connectivity index (χ3n) is 1.90. The lowest BCUT2D eigenvalue weighted by Gasteiger charge is -2.04. The van der Waals surface area contributed by atoms with Crippen LogP contribution in [-0.4, -0.2) is 38.5 Å². The van der Waals surface area contributed by atoms with Gasteiger partial charge < -0.3 is 14.8 Å². The molecule has 16 heavy (non-hydrogen) atoms. The van der Waals surface area contributed by atoms with Crippen LogP contribution in [0.5, 0.6) is 0 Å². The predicted octanol–water partition coefficient (Wildman–Crippen LogP) is 2.76. The van der Waals surface area contributed by atoms with E-state index in [1.807, 2.05) is 5.38 Å². The second-order valence-corrected chi connectivity index (χ2v) is 4.89. The zero-order valence-electron chi connectivity index (χ0n) is 9.37. The van der Waals surface area contributed by atoms with Gasteiger partial charge in [0, 0.05) is 25.6 Å². The number of nitrogens with one attached hydrogen (secondary N) is 1. The number of hydrogen-bond acceptors (Lipinski definition) is 5. The highest BCUT2D eigenvalue weighted by Gasteiger charge is 1.97. The Bertz CT molecular complexity index is 284. The molecule has 0 bridgehead atoms. The second-order valence-electron chi connectivity index (χ2n) is 3.21. The van der Waals surface area contributed by atoms with Gasteiger partial charge in [0.05, 0.1) is 13.2 Å². The Labute approximate surface area is 108 Å². The van der Waals surface area contributed by atoms with Crippen molar-refractivity contribution in [3.8, 4) is 0 Å². The SMILES string of the molecule is COCCOCCCCNc1nc(Br)cs1. The molecule has 0 saturated heterocycles. The summed E-state index contributed by atoms with van der Waals surface area (Å²) in [5.41, 5.74) is 0. The molecule has 0 spiro atoms. The van der Waals surface area contributed by atoms with E-state index >= 15 is 0 Å². The lowest BCUT2D eigenvalue weighted by molar-refractivity contribution is 0.0691. The van der Waals surface area contributed by atoms with Gasteiger partial charge in [-0.1, -0.05) is 0 Å². The number of methoxy groups -OCH3 is 1. The van der Waals surface area contributed by atoms with Crippen molar-refractivity contribution in [3.63, 3.8) is 0 Å². The minimum atomic E-state index is 0.672. The number of nitrogens with zero attached hydrogens (tertiary/aromatic N) is 1. The summed E-state index contributed by atoms with van der Waals surface area (Å²) in [4.78, 5) is 4.25. The molecule has 1 aromatic rings. The van der Waals surface area contributed by atoms with Crippen molar-refractivity contribution in [2.24, 2.45) is 0 Å². The minimum absolute atomic E-state index is 0.672. The molecule has 1 rings (SSSR count). The number of thiazole rings is 1. The Balaban J connectivity index is 1.88. The van der Waals surface area contributed by atoms with E-state index in [4.69, 9.17) is 9.47 Å². The predicted molar refractivity (Wildman–Crippen MR) is 70.2 cm³/mol. The fraction of sp³-hybridized carbons (Fsp3) is 0.700. The van der Waals surface area contributed by atoms with E-state index in [9.17, 15) is 0 Å². The van der Waals surface area contributed by atoms with Crippen LogP contribution in [0.3, 0.4) is 0 Å². The van der Waals surface area contributed by atoms with Crippen LogP contribution in [0.15, 0.2) is 9.98 Å². The first-order valence-corrected chi connectivity index (χ1v) is 6.92. The van der Waals surface area contributed by atoms with E-state index in [0.717, 1.165) is 35.7 Å². The minimum Gasteiger partial charge on any atom is -0.382 e. The third-order valence-corrected chi connectivity index (χ3v) is 3.41. The van der Waals surface area contributed by atoms with Gasteiger partial charge in [-0.15, -0.1) is 11.3 Å². The van der Waals surface area contributed by atoms with Crippen LogP contribution in [0, 0.1) is 0 Å². The normalized spacial score (nSPS) is 10.6. The summed E-state index contributed by atoms with van der Waals surface area (Å²) < 4.78 is 11.1. The maximum absolute atomic E-state index is 5.36. The summed E-state index contributed by atoms with van der Waals surface area (Å²) in [6, 6.07) is 0. The maximum Gasteiger partial charge on any atom is 0.183 e. The third kappa shape index (κ3) is 6.42. The molecule has 0 fully saturated rings. The van der Waals surface area contributed by atoms with Crippen molar-refractivity contribution in [1.82, 2.24) is 4.98 Å². The van der Waals surface area contributed by atoms with E-state index in [0.29, 0.717) is 13.2 Å². The number of hydrogen-bond donors (Lipinski definition) is 1. The highest BCUT2D eigenvalue weighted by Crippen LogP contribution is 2.19. The number of aromatic nitrogens is 1. The van der Waals surface area contributed by atoms with E-state index in [1.54, 1.807) is 18.4 Å². The van der Waals surface area contributed by atoms with E-state index < -0.39 is 0 Å². The number of anilines is 1. The Morgan fingerprint density at radius 1 is 1.38 bits per heavy atom. The Kier molecular flexibility index (Phi) is 7.75. The molecule has 0 aliphatic carbocycles.